The van der Waals surface area contributed by atoms with Gasteiger partial charge in [0.25, 0.3) is 0 Å². The molecule has 0 bridgehead atoms. The van der Waals surface area contributed by atoms with Crippen LogP contribution in [0.5, 0.6) is 11.5 Å². The first kappa shape index (κ1) is 15.6. The van der Waals surface area contributed by atoms with Crippen LogP contribution in [0.15, 0.2) is 12.1 Å². The first-order chi connectivity index (χ1) is 11.1. The van der Waals surface area contributed by atoms with E-state index in [4.69, 9.17) is 9.47 Å². The minimum absolute atomic E-state index is 0.0369. The van der Waals surface area contributed by atoms with Crippen molar-refractivity contribution in [2.24, 2.45) is 5.92 Å². The average Bonchev–Trinajstić information content (AvgIpc) is 2.60. The van der Waals surface area contributed by atoms with Crippen molar-refractivity contribution in [3.63, 3.8) is 0 Å². The average molecular weight is 318 g/mol. The van der Waals surface area contributed by atoms with Gasteiger partial charge in [-0.25, -0.2) is 0 Å². The Labute approximate surface area is 135 Å². The van der Waals surface area contributed by atoms with Gasteiger partial charge in [-0.1, -0.05) is 0 Å². The molecule has 6 heteroatoms. The Bertz CT molecular complexity index is 619. The van der Waals surface area contributed by atoms with Gasteiger partial charge < -0.3 is 19.7 Å². The van der Waals surface area contributed by atoms with E-state index in [9.17, 15) is 9.59 Å². The standard InChI is InChI=1S/C17H22N2O4/c1-22-14-7-11-5-6-19(10-13(11)8-15(14)23-2)17(21)12-3-4-16(20)18-9-12/h7-8,12H,3-6,9-10H2,1-2H3,(H,18,20). The quantitative estimate of drug-likeness (QED) is 0.907. The first-order valence-electron chi connectivity index (χ1n) is 7.91. The van der Waals surface area contributed by atoms with Crippen molar-refractivity contribution in [1.29, 1.82) is 0 Å². The van der Waals surface area contributed by atoms with Gasteiger partial charge in [0.05, 0.1) is 20.1 Å². The number of fused-ring (bicyclic) bond motifs is 1. The Morgan fingerprint density at radius 3 is 2.48 bits per heavy atom. The minimum atomic E-state index is -0.102. The molecule has 1 N–H and O–H groups in total. The van der Waals surface area contributed by atoms with Crippen LogP contribution >= 0.6 is 0 Å². The first-order valence-corrected chi connectivity index (χ1v) is 7.91. The van der Waals surface area contributed by atoms with Gasteiger partial charge in [0.2, 0.25) is 11.8 Å². The van der Waals surface area contributed by atoms with E-state index >= 15 is 0 Å². The SMILES string of the molecule is COc1cc2c(cc1OC)CN(C(=O)C1CCC(=O)NC1)CC2. The fraction of sp³-hybridized carbons (Fsp3) is 0.529. The van der Waals surface area contributed by atoms with Crippen LogP contribution in [-0.2, 0) is 22.6 Å². The van der Waals surface area contributed by atoms with Crippen molar-refractivity contribution in [3.8, 4) is 11.5 Å². The molecule has 2 amide bonds. The van der Waals surface area contributed by atoms with Crippen molar-refractivity contribution < 1.29 is 19.1 Å². The highest BCUT2D eigenvalue weighted by Crippen LogP contribution is 2.33. The van der Waals surface area contributed by atoms with Crippen LogP contribution in [0.1, 0.15) is 24.0 Å². The van der Waals surface area contributed by atoms with Crippen LogP contribution in [0.4, 0.5) is 0 Å². The van der Waals surface area contributed by atoms with Crippen molar-refractivity contribution in [2.45, 2.75) is 25.8 Å². The van der Waals surface area contributed by atoms with Crippen molar-refractivity contribution in [2.75, 3.05) is 27.3 Å². The maximum absolute atomic E-state index is 12.7. The molecular formula is C17H22N2O4. The zero-order valence-electron chi connectivity index (χ0n) is 13.6. The van der Waals surface area contributed by atoms with E-state index in [1.54, 1.807) is 14.2 Å². The summed E-state index contributed by atoms with van der Waals surface area (Å²) in [5, 5.41) is 2.78. The molecule has 0 radical (unpaired) electrons. The fourth-order valence-corrected chi connectivity index (χ4v) is 3.27. The van der Waals surface area contributed by atoms with E-state index in [0.29, 0.717) is 38.2 Å². The lowest BCUT2D eigenvalue weighted by atomic mass is 9.94. The Kier molecular flexibility index (Phi) is 4.41. The van der Waals surface area contributed by atoms with Crippen molar-refractivity contribution in [3.05, 3.63) is 23.3 Å². The van der Waals surface area contributed by atoms with Crippen LogP contribution in [0, 0.1) is 5.92 Å². The molecule has 124 valence electrons. The molecule has 1 aromatic rings. The molecule has 2 aliphatic heterocycles. The van der Waals surface area contributed by atoms with Gasteiger partial charge in [-0.2, -0.15) is 0 Å². The Hall–Kier alpha value is -2.24. The maximum atomic E-state index is 12.7. The van der Waals surface area contributed by atoms with E-state index in [1.807, 2.05) is 17.0 Å². The molecular weight excluding hydrogens is 296 g/mol. The monoisotopic (exact) mass is 318 g/mol. The highest BCUT2D eigenvalue weighted by molar-refractivity contribution is 5.84. The number of hydrogen-bond donors (Lipinski definition) is 1. The summed E-state index contributed by atoms with van der Waals surface area (Å²) in [6, 6.07) is 3.95. The second-order valence-corrected chi connectivity index (χ2v) is 6.03. The number of piperidine rings is 1. The van der Waals surface area contributed by atoms with Crippen molar-refractivity contribution >= 4 is 11.8 Å². The van der Waals surface area contributed by atoms with Crippen LogP contribution < -0.4 is 14.8 Å². The molecule has 1 saturated heterocycles. The number of methoxy groups -OCH3 is 2. The Balaban J connectivity index is 1.74. The van der Waals surface area contributed by atoms with Crippen LogP contribution in [0.25, 0.3) is 0 Å². The molecule has 2 heterocycles. The summed E-state index contributed by atoms with van der Waals surface area (Å²) in [7, 11) is 3.24. The van der Waals surface area contributed by atoms with E-state index in [1.165, 1.54) is 5.56 Å². The molecule has 1 unspecified atom stereocenters. The van der Waals surface area contributed by atoms with Gasteiger partial charge in [-0.05, 0) is 36.1 Å². The second-order valence-electron chi connectivity index (χ2n) is 6.03. The molecule has 2 aliphatic rings. The predicted octanol–water partition coefficient (Wildman–Crippen LogP) is 1.11. The number of hydrogen-bond acceptors (Lipinski definition) is 4. The number of amides is 2. The van der Waals surface area contributed by atoms with E-state index in [-0.39, 0.29) is 17.7 Å². The zero-order valence-corrected chi connectivity index (χ0v) is 13.6. The number of rotatable bonds is 3. The number of carbonyl (C=O) groups excluding carboxylic acids is 2. The second kappa shape index (κ2) is 6.48. The number of benzene rings is 1. The lowest BCUT2D eigenvalue weighted by Crippen LogP contribution is -2.46. The molecule has 3 rings (SSSR count). The number of nitrogens with one attached hydrogen (secondary N) is 1. The molecule has 1 fully saturated rings. The normalized spacial score (nSPS) is 20.5. The third-order valence-corrected chi connectivity index (χ3v) is 4.64. The minimum Gasteiger partial charge on any atom is -0.493 e. The van der Waals surface area contributed by atoms with Crippen LogP contribution in [-0.4, -0.2) is 44.0 Å². The molecule has 23 heavy (non-hydrogen) atoms. The Morgan fingerprint density at radius 1 is 1.17 bits per heavy atom. The molecule has 0 spiro atoms. The molecule has 1 aromatic carbocycles. The van der Waals surface area contributed by atoms with Gasteiger partial charge >= 0.3 is 0 Å². The zero-order chi connectivity index (χ0) is 16.4. The summed E-state index contributed by atoms with van der Waals surface area (Å²) >= 11 is 0. The van der Waals surface area contributed by atoms with Gasteiger partial charge in [-0.3, -0.25) is 9.59 Å². The molecule has 0 aromatic heterocycles. The van der Waals surface area contributed by atoms with E-state index < -0.39 is 0 Å². The van der Waals surface area contributed by atoms with E-state index in [0.717, 1.165) is 17.7 Å². The van der Waals surface area contributed by atoms with Gasteiger partial charge in [0.1, 0.15) is 0 Å². The molecule has 6 nitrogen and oxygen atoms in total. The predicted molar refractivity (Wildman–Crippen MR) is 84.4 cm³/mol. The van der Waals surface area contributed by atoms with Gasteiger partial charge in [0, 0.05) is 26.1 Å². The summed E-state index contributed by atoms with van der Waals surface area (Å²) in [5.74, 6) is 1.47. The summed E-state index contributed by atoms with van der Waals surface area (Å²) in [4.78, 5) is 25.8. The number of nitrogens with zero attached hydrogens (tertiary/aromatic N) is 1. The largest absolute Gasteiger partial charge is 0.493 e. The third-order valence-electron chi connectivity index (χ3n) is 4.64. The smallest absolute Gasteiger partial charge is 0.227 e. The number of ether oxygens (including phenoxy) is 2. The highest BCUT2D eigenvalue weighted by Gasteiger charge is 2.30. The lowest BCUT2D eigenvalue weighted by molar-refractivity contribution is -0.138. The molecule has 1 atom stereocenters. The molecule has 0 saturated carbocycles. The van der Waals surface area contributed by atoms with E-state index in [2.05, 4.69) is 5.32 Å². The number of carbonyl (C=O) groups is 2. The summed E-state index contributed by atoms with van der Waals surface area (Å²) in [6.07, 6.45) is 1.88. The van der Waals surface area contributed by atoms with Crippen LogP contribution in [0.3, 0.4) is 0 Å². The topological polar surface area (TPSA) is 67.9 Å². The lowest BCUT2D eigenvalue weighted by Gasteiger charge is -2.33. The van der Waals surface area contributed by atoms with Crippen molar-refractivity contribution in [1.82, 2.24) is 10.2 Å². The maximum Gasteiger partial charge on any atom is 0.227 e. The van der Waals surface area contributed by atoms with Gasteiger partial charge in [-0.15, -0.1) is 0 Å². The van der Waals surface area contributed by atoms with Gasteiger partial charge in [0.15, 0.2) is 11.5 Å². The summed E-state index contributed by atoms with van der Waals surface area (Å²) < 4.78 is 10.7. The molecule has 0 aliphatic carbocycles. The highest BCUT2D eigenvalue weighted by atomic mass is 16.5. The fourth-order valence-electron chi connectivity index (χ4n) is 3.27. The third kappa shape index (κ3) is 3.11. The summed E-state index contributed by atoms with van der Waals surface area (Å²) in [5.41, 5.74) is 2.30. The summed E-state index contributed by atoms with van der Waals surface area (Å²) in [6.45, 7) is 1.73. The van der Waals surface area contributed by atoms with Crippen LogP contribution in [0.2, 0.25) is 0 Å². The Morgan fingerprint density at radius 2 is 1.87 bits per heavy atom.